The topological polar surface area (TPSA) is 21.3 Å². The summed E-state index contributed by atoms with van der Waals surface area (Å²) >= 11 is 6.16. The lowest BCUT2D eigenvalue weighted by atomic mass is 9.95. The van der Waals surface area contributed by atoms with E-state index < -0.39 is 0 Å². The number of rotatable bonds is 5. The maximum Gasteiger partial charge on any atom is 0.119 e. The van der Waals surface area contributed by atoms with Gasteiger partial charge in [-0.3, -0.25) is 0 Å². The molecule has 0 atom stereocenters. The van der Waals surface area contributed by atoms with Gasteiger partial charge in [-0.2, -0.15) is 0 Å². The van der Waals surface area contributed by atoms with Crippen LogP contribution in [0.25, 0.3) is 11.1 Å². The van der Waals surface area contributed by atoms with Crippen molar-refractivity contribution in [2.24, 2.45) is 0 Å². The number of aryl methyl sites for hydroxylation is 1. The SMILES string of the molecule is COc1ccc(-c2ccc(Cl)cc2CNC(C)C)c(C)c1. The lowest BCUT2D eigenvalue weighted by Crippen LogP contribution is -2.22. The number of halogens is 1. The zero-order valence-electron chi connectivity index (χ0n) is 13.0. The predicted molar refractivity (Wildman–Crippen MR) is 90.2 cm³/mol. The van der Waals surface area contributed by atoms with Crippen LogP contribution in [-0.2, 0) is 6.54 Å². The molecule has 0 bridgehead atoms. The Morgan fingerprint density at radius 1 is 1.10 bits per heavy atom. The van der Waals surface area contributed by atoms with Crippen LogP contribution in [0.2, 0.25) is 5.02 Å². The Balaban J connectivity index is 2.42. The molecule has 0 unspecified atom stereocenters. The average molecular weight is 304 g/mol. The van der Waals surface area contributed by atoms with Gasteiger partial charge in [0.25, 0.3) is 0 Å². The van der Waals surface area contributed by atoms with Crippen LogP contribution in [0.15, 0.2) is 36.4 Å². The van der Waals surface area contributed by atoms with E-state index in [0.29, 0.717) is 6.04 Å². The lowest BCUT2D eigenvalue weighted by molar-refractivity contribution is 0.414. The highest BCUT2D eigenvalue weighted by molar-refractivity contribution is 6.30. The second-order valence-electron chi connectivity index (χ2n) is 5.52. The van der Waals surface area contributed by atoms with Crippen LogP contribution in [0.3, 0.4) is 0 Å². The Morgan fingerprint density at radius 2 is 1.81 bits per heavy atom. The van der Waals surface area contributed by atoms with Gasteiger partial charge in [0.2, 0.25) is 0 Å². The van der Waals surface area contributed by atoms with E-state index in [1.165, 1.54) is 22.3 Å². The number of hydrogen-bond acceptors (Lipinski definition) is 2. The van der Waals surface area contributed by atoms with Gasteiger partial charge in [-0.15, -0.1) is 0 Å². The molecule has 2 nitrogen and oxygen atoms in total. The van der Waals surface area contributed by atoms with Crippen molar-refractivity contribution in [1.29, 1.82) is 0 Å². The van der Waals surface area contributed by atoms with E-state index in [9.17, 15) is 0 Å². The Hall–Kier alpha value is -1.51. The highest BCUT2D eigenvalue weighted by Gasteiger charge is 2.10. The summed E-state index contributed by atoms with van der Waals surface area (Å²) < 4.78 is 5.28. The molecule has 112 valence electrons. The molecule has 0 radical (unpaired) electrons. The molecule has 2 aromatic carbocycles. The summed E-state index contributed by atoms with van der Waals surface area (Å²) in [6, 6.07) is 12.7. The molecule has 1 N–H and O–H groups in total. The predicted octanol–water partition coefficient (Wildman–Crippen LogP) is 4.82. The monoisotopic (exact) mass is 303 g/mol. The van der Waals surface area contributed by atoms with Gasteiger partial charge in [-0.1, -0.05) is 37.6 Å². The minimum atomic E-state index is 0.439. The van der Waals surface area contributed by atoms with Gasteiger partial charge in [0.05, 0.1) is 7.11 Å². The zero-order valence-corrected chi connectivity index (χ0v) is 13.8. The third kappa shape index (κ3) is 3.99. The fraction of sp³-hybridized carbons (Fsp3) is 0.333. The zero-order chi connectivity index (χ0) is 15.4. The molecule has 0 spiro atoms. The quantitative estimate of drug-likeness (QED) is 0.855. The number of ether oxygens (including phenoxy) is 1. The van der Waals surface area contributed by atoms with E-state index >= 15 is 0 Å². The van der Waals surface area contributed by atoms with Gasteiger partial charge in [0, 0.05) is 17.6 Å². The highest BCUT2D eigenvalue weighted by atomic mass is 35.5. The Labute approximate surface area is 132 Å². The number of hydrogen-bond donors (Lipinski definition) is 1. The smallest absolute Gasteiger partial charge is 0.119 e. The molecule has 0 heterocycles. The highest BCUT2D eigenvalue weighted by Crippen LogP contribution is 2.31. The molecule has 0 aromatic heterocycles. The summed E-state index contributed by atoms with van der Waals surface area (Å²) in [5.41, 5.74) is 4.84. The minimum absolute atomic E-state index is 0.439. The first-order valence-corrected chi connectivity index (χ1v) is 7.56. The summed E-state index contributed by atoms with van der Waals surface area (Å²) in [5, 5.41) is 4.23. The van der Waals surface area contributed by atoms with Crippen molar-refractivity contribution in [2.75, 3.05) is 7.11 Å². The summed E-state index contributed by atoms with van der Waals surface area (Å²) in [6.07, 6.45) is 0. The summed E-state index contributed by atoms with van der Waals surface area (Å²) in [4.78, 5) is 0. The van der Waals surface area contributed by atoms with Gasteiger partial charge in [0.15, 0.2) is 0 Å². The van der Waals surface area contributed by atoms with E-state index in [1.54, 1.807) is 7.11 Å². The van der Waals surface area contributed by atoms with Crippen LogP contribution in [0.5, 0.6) is 5.75 Å². The molecule has 21 heavy (non-hydrogen) atoms. The molecule has 0 amide bonds. The standard InChI is InChI=1S/C18H22ClNO/c1-12(2)20-11-14-10-15(19)5-7-18(14)17-8-6-16(21-4)9-13(17)3/h5-10,12,20H,11H2,1-4H3. The molecule has 0 aliphatic rings. The largest absolute Gasteiger partial charge is 0.497 e. The van der Waals surface area contributed by atoms with Crippen LogP contribution < -0.4 is 10.1 Å². The molecule has 0 aliphatic heterocycles. The van der Waals surface area contributed by atoms with Crippen molar-refractivity contribution >= 4 is 11.6 Å². The second kappa shape index (κ2) is 6.97. The van der Waals surface area contributed by atoms with E-state index in [0.717, 1.165) is 17.3 Å². The van der Waals surface area contributed by atoms with E-state index in [4.69, 9.17) is 16.3 Å². The van der Waals surface area contributed by atoms with Crippen molar-refractivity contribution in [2.45, 2.75) is 33.4 Å². The summed E-state index contributed by atoms with van der Waals surface area (Å²) in [6.45, 7) is 7.19. The van der Waals surface area contributed by atoms with Crippen LogP contribution in [0.1, 0.15) is 25.0 Å². The first kappa shape index (κ1) is 15.9. The van der Waals surface area contributed by atoms with E-state index in [2.05, 4.69) is 44.3 Å². The van der Waals surface area contributed by atoms with Crippen LogP contribution in [-0.4, -0.2) is 13.2 Å². The Kier molecular flexibility index (Phi) is 5.27. The van der Waals surface area contributed by atoms with Gasteiger partial charge in [0.1, 0.15) is 5.75 Å². The average Bonchev–Trinajstić information content (AvgIpc) is 2.45. The molecule has 2 aromatic rings. The van der Waals surface area contributed by atoms with E-state index in [1.807, 2.05) is 18.2 Å². The van der Waals surface area contributed by atoms with Crippen molar-refractivity contribution in [1.82, 2.24) is 5.32 Å². The third-order valence-corrected chi connectivity index (χ3v) is 3.73. The summed E-state index contributed by atoms with van der Waals surface area (Å²) in [7, 11) is 1.69. The van der Waals surface area contributed by atoms with Crippen molar-refractivity contribution in [3.05, 3.63) is 52.5 Å². The van der Waals surface area contributed by atoms with Crippen molar-refractivity contribution in [3.8, 4) is 16.9 Å². The molecular formula is C18H22ClNO. The van der Waals surface area contributed by atoms with Crippen molar-refractivity contribution in [3.63, 3.8) is 0 Å². The molecule has 0 saturated heterocycles. The molecule has 0 saturated carbocycles. The fourth-order valence-electron chi connectivity index (χ4n) is 2.35. The van der Waals surface area contributed by atoms with Gasteiger partial charge in [-0.05, 0) is 53.4 Å². The Morgan fingerprint density at radius 3 is 2.43 bits per heavy atom. The lowest BCUT2D eigenvalue weighted by Gasteiger charge is -2.15. The van der Waals surface area contributed by atoms with Crippen LogP contribution >= 0.6 is 11.6 Å². The number of methoxy groups -OCH3 is 1. The van der Waals surface area contributed by atoms with Crippen LogP contribution in [0.4, 0.5) is 0 Å². The molecule has 2 rings (SSSR count). The maximum absolute atomic E-state index is 6.16. The van der Waals surface area contributed by atoms with Gasteiger partial charge >= 0.3 is 0 Å². The number of benzene rings is 2. The normalized spacial score (nSPS) is 11.0. The van der Waals surface area contributed by atoms with Crippen LogP contribution in [0, 0.1) is 6.92 Å². The van der Waals surface area contributed by atoms with Gasteiger partial charge in [-0.25, -0.2) is 0 Å². The maximum atomic E-state index is 6.16. The van der Waals surface area contributed by atoms with Gasteiger partial charge < -0.3 is 10.1 Å². The molecule has 0 aliphatic carbocycles. The molecule has 3 heteroatoms. The van der Waals surface area contributed by atoms with E-state index in [-0.39, 0.29) is 0 Å². The summed E-state index contributed by atoms with van der Waals surface area (Å²) in [5.74, 6) is 0.882. The fourth-order valence-corrected chi connectivity index (χ4v) is 2.55. The first-order valence-electron chi connectivity index (χ1n) is 7.18. The molecular weight excluding hydrogens is 282 g/mol. The Bertz CT molecular complexity index is 623. The first-order chi connectivity index (χ1) is 10.0. The molecule has 0 fully saturated rings. The second-order valence-corrected chi connectivity index (χ2v) is 5.95. The van der Waals surface area contributed by atoms with Crippen molar-refractivity contribution < 1.29 is 4.74 Å². The minimum Gasteiger partial charge on any atom is -0.497 e. The third-order valence-electron chi connectivity index (χ3n) is 3.49. The number of nitrogens with one attached hydrogen (secondary N) is 1.